The van der Waals surface area contributed by atoms with E-state index in [1.165, 1.54) is 11.8 Å². The Bertz CT molecular complexity index is 540. The summed E-state index contributed by atoms with van der Waals surface area (Å²) in [6.07, 6.45) is 0. The number of thioether (sulfide) groups is 1. The van der Waals surface area contributed by atoms with Crippen LogP contribution in [-0.4, -0.2) is 34.6 Å². The molecule has 5 nitrogen and oxygen atoms in total. The van der Waals surface area contributed by atoms with Gasteiger partial charge in [0.15, 0.2) is 5.76 Å². The molecule has 0 aliphatic heterocycles. The summed E-state index contributed by atoms with van der Waals surface area (Å²) in [7, 11) is 0. The third-order valence-corrected chi connectivity index (χ3v) is 4.34. The van der Waals surface area contributed by atoms with Crippen LogP contribution in [0.25, 0.3) is 10.6 Å². The van der Waals surface area contributed by atoms with E-state index in [0.29, 0.717) is 11.5 Å². The number of hydrogen-bond donors (Lipinski definition) is 2. The maximum absolute atomic E-state index is 11.5. The number of amides is 1. The van der Waals surface area contributed by atoms with Crippen LogP contribution in [0.3, 0.4) is 0 Å². The Morgan fingerprint density at radius 2 is 2.50 bits per heavy atom. The summed E-state index contributed by atoms with van der Waals surface area (Å²) in [4.78, 5) is 12.6. The van der Waals surface area contributed by atoms with Crippen LogP contribution >= 0.6 is 23.1 Å². The van der Waals surface area contributed by atoms with Crippen LogP contribution in [0.1, 0.15) is 12.6 Å². The number of aliphatic hydroxyl groups excluding tert-OH is 1. The van der Waals surface area contributed by atoms with Crippen molar-refractivity contribution in [2.75, 3.05) is 12.4 Å². The number of carbonyl (C=O) groups excluding carboxylic acids is 1. The Morgan fingerprint density at radius 1 is 1.65 bits per heavy atom. The summed E-state index contributed by atoms with van der Waals surface area (Å²) >= 11 is 3.06. The van der Waals surface area contributed by atoms with Crippen LogP contribution in [0.15, 0.2) is 28.1 Å². The number of nitrogens with one attached hydrogen (secondary N) is 1. The molecule has 1 unspecified atom stereocenters. The van der Waals surface area contributed by atoms with Crippen LogP contribution in [0.5, 0.6) is 0 Å². The number of aromatic nitrogens is 1. The summed E-state index contributed by atoms with van der Waals surface area (Å²) in [5.74, 6) is 1.63. The van der Waals surface area contributed by atoms with Gasteiger partial charge in [-0.05, 0) is 18.4 Å². The van der Waals surface area contributed by atoms with E-state index < -0.39 is 0 Å². The van der Waals surface area contributed by atoms with Crippen LogP contribution in [0.4, 0.5) is 0 Å². The highest BCUT2D eigenvalue weighted by molar-refractivity contribution is 7.99. The Kier molecular flexibility index (Phi) is 5.63. The Balaban J connectivity index is 1.76. The molecule has 0 fully saturated rings. The number of aliphatic hydroxyl groups is 1. The molecule has 0 aromatic carbocycles. The monoisotopic (exact) mass is 312 g/mol. The highest BCUT2D eigenvalue weighted by atomic mass is 32.2. The van der Waals surface area contributed by atoms with Crippen molar-refractivity contribution in [1.82, 2.24) is 10.5 Å². The van der Waals surface area contributed by atoms with Gasteiger partial charge in [0.25, 0.3) is 0 Å². The van der Waals surface area contributed by atoms with Gasteiger partial charge in [0.1, 0.15) is 0 Å². The maximum atomic E-state index is 11.5. The van der Waals surface area contributed by atoms with Crippen LogP contribution < -0.4 is 5.32 Å². The number of rotatable bonds is 7. The van der Waals surface area contributed by atoms with E-state index in [4.69, 9.17) is 9.63 Å². The zero-order chi connectivity index (χ0) is 14.4. The maximum Gasteiger partial charge on any atom is 0.230 e. The summed E-state index contributed by atoms with van der Waals surface area (Å²) in [6.45, 7) is 1.71. The van der Waals surface area contributed by atoms with Crippen molar-refractivity contribution in [2.45, 2.75) is 18.7 Å². The molecule has 1 atom stereocenters. The van der Waals surface area contributed by atoms with Crippen molar-refractivity contribution in [3.05, 3.63) is 29.3 Å². The van der Waals surface area contributed by atoms with Crippen LogP contribution in [0.2, 0.25) is 0 Å². The van der Waals surface area contributed by atoms with E-state index in [1.54, 1.807) is 18.3 Å². The molecule has 0 aliphatic carbocycles. The predicted octanol–water partition coefficient (Wildman–Crippen LogP) is 2.13. The van der Waals surface area contributed by atoms with Crippen molar-refractivity contribution in [2.24, 2.45) is 0 Å². The molecular weight excluding hydrogens is 296 g/mol. The molecule has 2 heterocycles. The first-order chi connectivity index (χ1) is 9.69. The molecule has 108 valence electrons. The molecule has 0 bridgehead atoms. The molecule has 20 heavy (non-hydrogen) atoms. The van der Waals surface area contributed by atoms with Gasteiger partial charge in [-0.25, -0.2) is 0 Å². The zero-order valence-electron chi connectivity index (χ0n) is 11.0. The second-order valence-electron chi connectivity index (χ2n) is 4.30. The van der Waals surface area contributed by atoms with Gasteiger partial charge >= 0.3 is 0 Å². The summed E-state index contributed by atoms with van der Waals surface area (Å²) in [6, 6.07) is 5.63. The minimum atomic E-state index is -0.208. The second kappa shape index (κ2) is 7.47. The van der Waals surface area contributed by atoms with E-state index >= 15 is 0 Å². The Labute approximate surface area is 125 Å². The highest BCUT2D eigenvalue weighted by Gasteiger charge is 2.09. The van der Waals surface area contributed by atoms with E-state index in [1.807, 2.05) is 23.6 Å². The largest absolute Gasteiger partial charge is 0.394 e. The molecule has 0 radical (unpaired) electrons. The molecule has 2 rings (SSSR count). The molecule has 2 N–H and O–H groups in total. The van der Waals surface area contributed by atoms with E-state index in [-0.39, 0.29) is 18.6 Å². The summed E-state index contributed by atoms with van der Waals surface area (Å²) in [5, 5.41) is 17.5. The van der Waals surface area contributed by atoms with Gasteiger partial charge in [-0.1, -0.05) is 11.2 Å². The van der Waals surface area contributed by atoms with Crippen molar-refractivity contribution in [3.63, 3.8) is 0 Å². The summed E-state index contributed by atoms with van der Waals surface area (Å²) in [5.41, 5.74) is 0.821. The fourth-order valence-electron chi connectivity index (χ4n) is 1.53. The predicted molar refractivity (Wildman–Crippen MR) is 80.7 cm³/mol. The van der Waals surface area contributed by atoms with Crippen molar-refractivity contribution in [3.8, 4) is 10.6 Å². The molecule has 1 amide bonds. The van der Waals surface area contributed by atoms with Gasteiger partial charge in [0.2, 0.25) is 5.91 Å². The molecule has 2 aromatic heterocycles. The molecule has 2 aromatic rings. The number of nitrogens with zero attached hydrogens (tertiary/aromatic N) is 1. The molecule has 0 spiro atoms. The Morgan fingerprint density at radius 3 is 3.20 bits per heavy atom. The van der Waals surface area contributed by atoms with Gasteiger partial charge in [-0.3, -0.25) is 4.79 Å². The molecule has 7 heteroatoms. The van der Waals surface area contributed by atoms with Crippen molar-refractivity contribution in [1.29, 1.82) is 0 Å². The lowest BCUT2D eigenvalue weighted by atomic mass is 10.3. The van der Waals surface area contributed by atoms with Gasteiger partial charge in [-0.15, -0.1) is 23.1 Å². The fourth-order valence-corrected chi connectivity index (χ4v) is 2.91. The van der Waals surface area contributed by atoms with E-state index in [9.17, 15) is 4.79 Å². The van der Waals surface area contributed by atoms with Gasteiger partial charge in [0.05, 0.1) is 22.9 Å². The topological polar surface area (TPSA) is 75.4 Å². The second-order valence-corrected chi connectivity index (χ2v) is 6.24. The smallest absolute Gasteiger partial charge is 0.230 e. The number of hydrogen-bond acceptors (Lipinski definition) is 6. The minimum absolute atomic E-state index is 0.0517. The Hall–Kier alpha value is -1.31. The average molecular weight is 312 g/mol. The van der Waals surface area contributed by atoms with Crippen molar-refractivity contribution >= 4 is 29.0 Å². The van der Waals surface area contributed by atoms with Gasteiger partial charge in [-0.2, -0.15) is 0 Å². The minimum Gasteiger partial charge on any atom is -0.394 e. The lowest BCUT2D eigenvalue weighted by Gasteiger charge is -2.09. The van der Waals surface area contributed by atoms with E-state index in [2.05, 4.69) is 10.5 Å². The highest BCUT2D eigenvalue weighted by Crippen LogP contribution is 2.26. The molecule has 0 saturated carbocycles. The molecule has 0 saturated heterocycles. The molecule has 0 aliphatic rings. The normalized spacial score (nSPS) is 12.3. The first-order valence-electron chi connectivity index (χ1n) is 6.16. The SMILES string of the molecule is CC(CO)NC(=O)CSCc1cc(-c2cccs2)on1. The molecular formula is C13H16N2O3S2. The quantitative estimate of drug-likeness (QED) is 0.819. The average Bonchev–Trinajstić information content (AvgIpc) is 3.08. The lowest BCUT2D eigenvalue weighted by molar-refractivity contribution is -0.119. The van der Waals surface area contributed by atoms with Gasteiger partial charge < -0.3 is 14.9 Å². The van der Waals surface area contributed by atoms with Gasteiger partial charge in [0, 0.05) is 17.9 Å². The first-order valence-corrected chi connectivity index (χ1v) is 8.20. The standard InChI is InChI=1S/C13H16N2O3S2/c1-9(6-16)14-13(17)8-19-7-10-5-11(18-15-10)12-3-2-4-20-12/h2-5,9,16H,6-8H2,1H3,(H,14,17). The number of thiophene rings is 1. The third kappa shape index (κ3) is 4.36. The lowest BCUT2D eigenvalue weighted by Crippen LogP contribution is -2.36. The summed E-state index contributed by atoms with van der Waals surface area (Å²) < 4.78 is 5.26. The first kappa shape index (κ1) is 15.1. The van der Waals surface area contributed by atoms with E-state index in [0.717, 1.165) is 16.3 Å². The van der Waals surface area contributed by atoms with Crippen LogP contribution in [-0.2, 0) is 10.5 Å². The zero-order valence-corrected chi connectivity index (χ0v) is 12.7. The van der Waals surface area contributed by atoms with Crippen LogP contribution in [0, 0.1) is 0 Å². The third-order valence-electron chi connectivity index (χ3n) is 2.49. The fraction of sp³-hybridized carbons (Fsp3) is 0.385. The number of carbonyl (C=O) groups is 1. The van der Waals surface area contributed by atoms with Crippen molar-refractivity contribution < 1.29 is 14.4 Å².